The number of aryl methyl sites for hydroxylation is 3. The number of nitrogens with zero attached hydrogens (tertiary/aromatic N) is 1. The van der Waals surface area contributed by atoms with E-state index in [2.05, 4.69) is 47.2 Å². The van der Waals surface area contributed by atoms with Gasteiger partial charge in [-0.2, -0.15) is 5.26 Å². The van der Waals surface area contributed by atoms with Crippen molar-refractivity contribution in [3.63, 3.8) is 0 Å². The SMILES string of the molecule is COc1cc(/C=C(\C#N)C(=O)Nc2ccc(C)cc2)cc(Br)c1OCc1ccc(C)c(C)c1. The van der Waals surface area contributed by atoms with Crippen LogP contribution >= 0.6 is 15.9 Å². The Morgan fingerprint density at radius 2 is 1.79 bits per heavy atom. The van der Waals surface area contributed by atoms with Crippen LogP contribution in [-0.4, -0.2) is 13.0 Å². The second kappa shape index (κ2) is 10.8. The van der Waals surface area contributed by atoms with Crippen LogP contribution in [0.4, 0.5) is 5.69 Å². The normalized spacial score (nSPS) is 11.0. The van der Waals surface area contributed by atoms with Crippen LogP contribution in [0, 0.1) is 32.1 Å². The summed E-state index contributed by atoms with van der Waals surface area (Å²) in [6.45, 7) is 6.49. The molecule has 0 saturated heterocycles. The Balaban J connectivity index is 1.81. The summed E-state index contributed by atoms with van der Waals surface area (Å²) < 4.78 is 12.2. The lowest BCUT2D eigenvalue weighted by Gasteiger charge is -2.14. The molecule has 0 fully saturated rings. The third-order valence-electron chi connectivity index (χ3n) is 5.19. The van der Waals surface area contributed by atoms with Gasteiger partial charge in [0.25, 0.3) is 5.91 Å². The second-order valence-electron chi connectivity index (χ2n) is 7.73. The van der Waals surface area contributed by atoms with Gasteiger partial charge in [0.1, 0.15) is 18.2 Å². The third kappa shape index (κ3) is 6.24. The summed E-state index contributed by atoms with van der Waals surface area (Å²) in [7, 11) is 1.55. The number of halogens is 1. The highest BCUT2D eigenvalue weighted by atomic mass is 79.9. The van der Waals surface area contributed by atoms with Gasteiger partial charge in [0.05, 0.1) is 11.6 Å². The molecule has 0 unspecified atom stereocenters. The van der Waals surface area contributed by atoms with E-state index >= 15 is 0 Å². The van der Waals surface area contributed by atoms with E-state index in [-0.39, 0.29) is 5.57 Å². The van der Waals surface area contributed by atoms with Gasteiger partial charge in [-0.25, -0.2) is 0 Å². The topological polar surface area (TPSA) is 71.3 Å². The summed E-state index contributed by atoms with van der Waals surface area (Å²) >= 11 is 3.53. The van der Waals surface area contributed by atoms with Crippen molar-refractivity contribution in [3.8, 4) is 17.6 Å². The maximum atomic E-state index is 12.6. The van der Waals surface area contributed by atoms with E-state index in [0.717, 1.165) is 11.1 Å². The van der Waals surface area contributed by atoms with Crippen LogP contribution < -0.4 is 14.8 Å². The Morgan fingerprint density at radius 3 is 2.42 bits per heavy atom. The number of benzene rings is 3. The maximum Gasteiger partial charge on any atom is 0.266 e. The van der Waals surface area contributed by atoms with Gasteiger partial charge in [-0.1, -0.05) is 35.9 Å². The molecule has 0 aromatic heterocycles. The molecule has 33 heavy (non-hydrogen) atoms. The summed E-state index contributed by atoms with van der Waals surface area (Å²) in [5.41, 5.74) is 5.81. The molecule has 0 radical (unpaired) electrons. The lowest BCUT2D eigenvalue weighted by molar-refractivity contribution is -0.112. The Bertz CT molecular complexity index is 1240. The van der Waals surface area contributed by atoms with E-state index < -0.39 is 5.91 Å². The van der Waals surface area contributed by atoms with Crippen LogP contribution in [-0.2, 0) is 11.4 Å². The molecule has 0 bridgehead atoms. The monoisotopic (exact) mass is 504 g/mol. The molecule has 3 aromatic rings. The standard InChI is InChI=1S/C27H25BrN2O3/c1-17-5-9-23(10-6-17)30-27(31)22(15-29)12-21-13-24(28)26(25(14-21)32-4)33-16-20-8-7-18(2)19(3)11-20/h5-14H,16H2,1-4H3,(H,30,31)/b22-12+. The van der Waals surface area contributed by atoms with Gasteiger partial charge in [0.2, 0.25) is 0 Å². The zero-order valence-electron chi connectivity index (χ0n) is 19.0. The molecule has 3 aromatic carbocycles. The lowest BCUT2D eigenvalue weighted by Crippen LogP contribution is -2.13. The van der Waals surface area contributed by atoms with E-state index in [0.29, 0.717) is 33.8 Å². The number of amides is 1. The van der Waals surface area contributed by atoms with Crippen LogP contribution in [0.1, 0.15) is 27.8 Å². The van der Waals surface area contributed by atoms with Crippen molar-refractivity contribution in [2.45, 2.75) is 27.4 Å². The minimum atomic E-state index is -0.480. The number of anilines is 1. The van der Waals surface area contributed by atoms with E-state index in [1.807, 2.05) is 31.2 Å². The second-order valence-corrected chi connectivity index (χ2v) is 8.59. The van der Waals surface area contributed by atoms with E-state index in [1.54, 1.807) is 31.4 Å². The molecular weight excluding hydrogens is 480 g/mol. The molecule has 168 valence electrons. The van der Waals surface area contributed by atoms with E-state index in [4.69, 9.17) is 9.47 Å². The Hall–Kier alpha value is -3.56. The number of rotatable bonds is 7. The van der Waals surface area contributed by atoms with Crippen molar-refractivity contribution in [1.82, 2.24) is 0 Å². The summed E-state index contributed by atoms with van der Waals surface area (Å²) in [4.78, 5) is 12.6. The van der Waals surface area contributed by atoms with Crippen molar-refractivity contribution < 1.29 is 14.3 Å². The molecule has 0 aliphatic carbocycles. The molecule has 0 spiro atoms. The zero-order chi connectivity index (χ0) is 24.0. The number of hydrogen-bond donors (Lipinski definition) is 1. The fourth-order valence-corrected chi connectivity index (χ4v) is 3.74. The smallest absolute Gasteiger partial charge is 0.266 e. The van der Waals surface area contributed by atoms with E-state index in [9.17, 15) is 10.1 Å². The van der Waals surface area contributed by atoms with E-state index in [1.165, 1.54) is 17.2 Å². The summed E-state index contributed by atoms with van der Waals surface area (Å²) in [6.07, 6.45) is 1.52. The van der Waals surface area contributed by atoms with Crippen molar-refractivity contribution in [2.24, 2.45) is 0 Å². The first-order valence-corrected chi connectivity index (χ1v) is 11.2. The molecule has 0 aliphatic rings. The fourth-order valence-electron chi connectivity index (χ4n) is 3.16. The Kier molecular flexibility index (Phi) is 7.92. The molecule has 3 rings (SSSR count). The zero-order valence-corrected chi connectivity index (χ0v) is 20.6. The van der Waals surface area contributed by atoms with Crippen molar-refractivity contribution in [3.05, 3.63) is 92.5 Å². The molecule has 0 aliphatic heterocycles. The molecule has 0 atom stereocenters. The maximum absolute atomic E-state index is 12.6. The van der Waals surface area contributed by atoms with Gasteiger partial charge < -0.3 is 14.8 Å². The van der Waals surface area contributed by atoms with Crippen molar-refractivity contribution >= 4 is 33.6 Å². The summed E-state index contributed by atoms with van der Waals surface area (Å²) in [5.74, 6) is 0.567. The number of hydrogen-bond acceptors (Lipinski definition) is 4. The Morgan fingerprint density at radius 1 is 1.06 bits per heavy atom. The minimum absolute atomic E-state index is 0.0201. The van der Waals surface area contributed by atoms with Gasteiger partial charge in [0, 0.05) is 5.69 Å². The number of nitriles is 1. The summed E-state index contributed by atoms with van der Waals surface area (Å²) in [6, 6.07) is 19.1. The fraction of sp³-hybridized carbons (Fsp3) is 0.185. The largest absolute Gasteiger partial charge is 0.493 e. The number of carbonyl (C=O) groups is 1. The Labute approximate surface area is 202 Å². The first-order chi connectivity index (χ1) is 15.8. The minimum Gasteiger partial charge on any atom is -0.493 e. The van der Waals surface area contributed by atoms with Crippen LogP contribution in [0.5, 0.6) is 11.5 Å². The highest BCUT2D eigenvalue weighted by molar-refractivity contribution is 9.10. The van der Waals surface area contributed by atoms with Gasteiger partial charge >= 0.3 is 0 Å². The third-order valence-corrected chi connectivity index (χ3v) is 5.78. The van der Waals surface area contributed by atoms with Gasteiger partial charge in [-0.3, -0.25) is 4.79 Å². The number of carbonyl (C=O) groups excluding carboxylic acids is 1. The molecule has 1 amide bonds. The highest BCUT2D eigenvalue weighted by Gasteiger charge is 2.14. The number of methoxy groups -OCH3 is 1. The van der Waals surface area contributed by atoms with Crippen molar-refractivity contribution in [2.75, 3.05) is 12.4 Å². The van der Waals surface area contributed by atoms with Crippen LogP contribution in [0.3, 0.4) is 0 Å². The van der Waals surface area contributed by atoms with Crippen molar-refractivity contribution in [1.29, 1.82) is 5.26 Å². The van der Waals surface area contributed by atoms with Crippen LogP contribution in [0.2, 0.25) is 0 Å². The van der Waals surface area contributed by atoms with Gasteiger partial charge in [-0.15, -0.1) is 0 Å². The van der Waals surface area contributed by atoms with Crippen LogP contribution in [0.25, 0.3) is 6.08 Å². The average Bonchev–Trinajstić information content (AvgIpc) is 2.80. The molecule has 0 heterocycles. The lowest BCUT2D eigenvalue weighted by atomic mass is 10.1. The predicted molar refractivity (Wildman–Crippen MR) is 134 cm³/mol. The predicted octanol–water partition coefficient (Wildman–Crippen LogP) is 6.51. The highest BCUT2D eigenvalue weighted by Crippen LogP contribution is 2.38. The molecule has 1 N–H and O–H groups in total. The van der Waals surface area contributed by atoms with Gasteiger partial charge in [0.15, 0.2) is 11.5 Å². The molecular formula is C27H25BrN2O3. The quantitative estimate of drug-likeness (QED) is 0.294. The van der Waals surface area contributed by atoms with Gasteiger partial charge in [-0.05, 0) is 89.3 Å². The average molecular weight is 505 g/mol. The molecule has 6 heteroatoms. The number of nitrogens with one attached hydrogen (secondary N) is 1. The molecule has 5 nitrogen and oxygen atoms in total. The first kappa shape index (κ1) is 24.1. The van der Waals surface area contributed by atoms with Crippen LogP contribution in [0.15, 0.2) is 64.6 Å². The first-order valence-electron chi connectivity index (χ1n) is 10.4. The number of ether oxygens (including phenoxy) is 2. The summed E-state index contributed by atoms with van der Waals surface area (Å²) in [5, 5.41) is 12.3. The molecule has 0 saturated carbocycles.